The number of anilines is 1. The maximum Gasteiger partial charge on any atom is 0.425 e. The Morgan fingerprint density at radius 2 is 1.51 bits per heavy atom. The largest absolute Gasteiger partial charge is 0.497 e. The molecule has 0 aliphatic carbocycles. The summed E-state index contributed by atoms with van der Waals surface area (Å²) in [5.74, 6) is -0.913. The van der Waals surface area contributed by atoms with Crippen molar-refractivity contribution in [2.24, 2.45) is 5.92 Å². The van der Waals surface area contributed by atoms with E-state index >= 15 is 0 Å². The molecule has 39 heavy (non-hydrogen) atoms. The number of nitrogens with one attached hydrogen (secondary N) is 1. The number of benzene rings is 1. The average molecular weight is 542 g/mol. The van der Waals surface area contributed by atoms with E-state index in [9.17, 15) is 19.2 Å². The maximum absolute atomic E-state index is 12.9. The van der Waals surface area contributed by atoms with E-state index in [4.69, 9.17) is 18.9 Å². The Kier molecular flexibility index (Phi) is 8.83. The van der Waals surface area contributed by atoms with Gasteiger partial charge in [-0.3, -0.25) is 4.79 Å². The summed E-state index contributed by atoms with van der Waals surface area (Å²) >= 11 is 0. The first-order valence-electron chi connectivity index (χ1n) is 12.5. The van der Waals surface area contributed by atoms with Crippen molar-refractivity contribution in [2.45, 2.75) is 71.8 Å². The fraction of sp³-hybridized carbons (Fsp3) is 0.464. The third kappa shape index (κ3) is 8.17. The first-order chi connectivity index (χ1) is 18.2. The first kappa shape index (κ1) is 29.4. The lowest BCUT2D eigenvalue weighted by atomic mass is 9.85. The SMILES string of the molecule is COc1ccc(COC(=O)C2NC(=O)C2Cc2ccnc(N(C(=O)OC(C)(C)C)C(=O)OC(C)(C)C)c2)cc1. The molecular formula is C28H35N3O8. The summed E-state index contributed by atoms with van der Waals surface area (Å²) in [6.07, 6.45) is -0.356. The van der Waals surface area contributed by atoms with Crippen LogP contribution in [0, 0.1) is 5.92 Å². The number of amides is 3. The standard InChI is InChI=1S/C28H35N3O8/c1-27(2,3)38-25(34)31(26(35)39-28(4,5)6)21-15-18(12-13-29-21)14-20-22(30-23(20)32)24(33)37-16-17-8-10-19(36-7)11-9-17/h8-13,15,20,22H,14,16H2,1-7H3,(H,30,32). The molecule has 11 nitrogen and oxygen atoms in total. The van der Waals surface area contributed by atoms with Gasteiger partial charge in [0.05, 0.1) is 13.0 Å². The van der Waals surface area contributed by atoms with Gasteiger partial charge >= 0.3 is 18.2 Å². The molecule has 3 amide bonds. The van der Waals surface area contributed by atoms with Crippen LogP contribution in [0.1, 0.15) is 52.7 Å². The monoisotopic (exact) mass is 541 g/mol. The summed E-state index contributed by atoms with van der Waals surface area (Å²) in [6, 6.07) is 9.37. The van der Waals surface area contributed by atoms with Gasteiger partial charge in [0.1, 0.15) is 35.4 Å². The average Bonchev–Trinajstić information content (AvgIpc) is 2.83. The summed E-state index contributed by atoms with van der Waals surface area (Å²) in [6.45, 7) is 10.1. The molecule has 1 aliphatic rings. The Labute approximate surface area is 227 Å². The summed E-state index contributed by atoms with van der Waals surface area (Å²) in [5, 5.41) is 2.58. The van der Waals surface area contributed by atoms with Crippen LogP contribution in [-0.2, 0) is 36.8 Å². The number of carbonyl (C=O) groups excluding carboxylic acids is 4. The Hall–Kier alpha value is -4.15. The molecule has 3 rings (SSSR count). The number of ether oxygens (including phenoxy) is 4. The van der Waals surface area contributed by atoms with Gasteiger partial charge in [0.25, 0.3) is 0 Å². The lowest BCUT2D eigenvalue weighted by molar-refractivity contribution is -0.158. The van der Waals surface area contributed by atoms with E-state index in [1.165, 1.54) is 12.3 Å². The van der Waals surface area contributed by atoms with Crippen molar-refractivity contribution in [1.29, 1.82) is 0 Å². The second-order valence-corrected chi connectivity index (χ2v) is 11.1. The van der Waals surface area contributed by atoms with E-state index in [2.05, 4.69) is 10.3 Å². The van der Waals surface area contributed by atoms with Gasteiger partial charge in [-0.1, -0.05) is 12.1 Å². The van der Waals surface area contributed by atoms with Crippen molar-refractivity contribution in [2.75, 3.05) is 12.0 Å². The molecule has 2 aromatic rings. The quantitative estimate of drug-likeness (QED) is 0.311. The second kappa shape index (κ2) is 11.7. The highest BCUT2D eigenvalue weighted by Gasteiger charge is 2.45. The van der Waals surface area contributed by atoms with Crippen LogP contribution < -0.4 is 15.0 Å². The number of rotatable bonds is 7. The molecule has 0 saturated carbocycles. The van der Waals surface area contributed by atoms with E-state index in [-0.39, 0.29) is 24.8 Å². The summed E-state index contributed by atoms with van der Waals surface area (Å²) in [4.78, 5) is 55.8. The van der Waals surface area contributed by atoms with Gasteiger partial charge in [0, 0.05) is 6.20 Å². The summed E-state index contributed by atoms with van der Waals surface area (Å²) < 4.78 is 21.3. The number of nitrogens with zero attached hydrogens (tertiary/aromatic N) is 2. The zero-order valence-electron chi connectivity index (χ0n) is 23.3. The van der Waals surface area contributed by atoms with Crippen molar-refractivity contribution in [3.8, 4) is 5.75 Å². The molecule has 1 aromatic heterocycles. The smallest absolute Gasteiger partial charge is 0.425 e. The minimum absolute atomic E-state index is 0.0330. The van der Waals surface area contributed by atoms with Crippen LogP contribution >= 0.6 is 0 Å². The molecule has 2 heterocycles. The third-order valence-electron chi connectivity index (χ3n) is 5.48. The Morgan fingerprint density at radius 1 is 0.923 bits per heavy atom. The molecule has 0 bridgehead atoms. The maximum atomic E-state index is 12.9. The number of hydrogen-bond donors (Lipinski definition) is 1. The minimum atomic E-state index is -0.956. The number of esters is 1. The van der Waals surface area contributed by atoms with Crippen LogP contribution in [0.3, 0.4) is 0 Å². The summed E-state index contributed by atoms with van der Waals surface area (Å²) in [5.41, 5.74) is -0.407. The van der Waals surface area contributed by atoms with Gasteiger partial charge in [-0.25, -0.2) is 19.4 Å². The highest BCUT2D eigenvalue weighted by Crippen LogP contribution is 2.26. The number of β-lactam (4-membered cyclic amide) rings is 1. The molecule has 1 aliphatic heterocycles. The van der Waals surface area contributed by atoms with Gasteiger partial charge in [0.2, 0.25) is 5.91 Å². The van der Waals surface area contributed by atoms with Crippen LogP contribution in [0.2, 0.25) is 0 Å². The Morgan fingerprint density at radius 3 is 2.03 bits per heavy atom. The molecular weight excluding hydrogens is 506 g/mol. The van der Waals surface area contributed by atoms with Crippen LogP contribution in [-0.4, -0.2) is 53.4 Å². The lowest BCUT2D eigenvalue weighted by Gasteiger charge is -2.35. The fourth-order valence-electron chi connectivity index (χ4n) is 3.66. The molecule has 1 aromatic carbocycles. The van der Waals surface area contributed by atoms with Gasteiger partial charge < -0.3 is 24.3 Å². The van der Waals surface area contributed by atoms with Gasteiger partial charge in [-0.2, -0.15) is 4.90 Å². The highest BCUT2D eigenvalue weighted by molar-refractivity contribution is 6.08. The molecule has 1 N–H and O–H groups in total. The van der Waals surface area contributed by atoms with Crippen molar-refractivity contribution in [3.63, 3.8) is 0 Å². The van der Waals surface area contributed by atoms with E-state index in [0.717, 1.165) is 5.56 Å². The van der Waals surface area contributed by atoms with Crippen molar-refractivity contribution < 1.29 is 38.1 Å². The number of carbonyl (C=O) groups is 4. The number of aromatic nitrogens is 1. The Balaban J connectivity index is 1.73. The molecule has 210 valence electrons. The van der Waals surface area contributed by atoms with Gasteiger partial charge in [-0.15, -0.1) is 0 Å². The van der Waals surface area contributed by atoms with Crippen molar-refractivity contribution in [3.05, 3.63) is 53.7 Å². The van der Waals surface area contributed by atoms with Crippen molar-refractivity contribution >= 4 is 29.9 Å². The highest BCUT2D eigenvalue weighted by atomic mass is 16.6. The van der Waals surface area contributed by atoms with Crippen LogP contribution in [0.15, 0.2) is 42.6 Å². The zero-order chi connectivity index (χ0) is 29.0. The molecule has 1 saturated heterocycles. The molecule has 2 unspecified atom stereocenters. The normalized spacial score (nSPS) is 16.8. The Bertz CT molecular complexity index is 1190. The topological polar surface area (TPSA) is 133 Å². The second-order valence-electron chi connectivity index (χ2n) is 11.1. The number of imide groups is 1. The molecule has 1 fully saturated rings. The predicted molar refractivity (Wildman–Crippen MR) is 141 cm³/mol. The number of pyridine rings is 1. The van der Waals surface area contributed by atoms with E-state index in [1.807, 2.05) is 0 Å². The van der Waals surface area contributed by atoms with Gasteiger partial charge in [0.15, 0.2) is 0 Å². The van der Waals surface area contributed by atoms with E-state index in [1.54, 1.807) is 79.0 Å². The number of hydrogen-bond acceptors (Lipinski definition) is 9. The third-order valence-corrected chi connectivity index (χ3v) is 5.48. The molecule has 2 atom stereocenters. The van der Waals surface area contributed by atoms with Crippen LogP contribution in [0.4, 0.5) is 15.4 Å². The molecule has 0 spiro atoms. The minimum Gasteiger partial charge on any atom is -0.497 e. The van der Waals surface area contributed by atoms with E-state index in [0.29, 0.717) is 16.2 Å². The van der Waals surface area contributed by atoms with Crippen LogP contribution in [0.25, 0.3) is 0 Å². The first-order valence-corrected chi connectivity index (χ1v) is 12.5. The molecule has 11 heteroatoms. The van der Waals surface area contributed by atoms with Crippen LogP contribution in [0.5, 0.6) is 5.75 Å². The fourth-order valence-corrected chi connectivity index (χ4v) is 3.66. The molecule has 0 radical (unpaired) electrons. The summed E-state index contributed by atoms with van der Waals surface area (Å²) in [7, 11) is 1.56. The zero-order valence-corrected chi connectivity index (χ0v) is 23.3. The van der Waals surface area contributed by atoms with Gasteiger partial charge in [-0.05, 0) is 83.4 Å². The number of methoxy groups -OCH3 is 1. The predicted octanol–water partition coefficient (Wildman–Crippen LogP) is 4.17. The lowest BCUT2D eigenvalue weighted by Crippen LogP contribution is -2.63. The van der Waals surface area contributed by atoms with Crippen molar-refractivity contribution in [1.82, 2.24) is 10.3 Å². The van der Waals surface area contributed by atoms with E-state index < -0.39 is 41.3 Å².